The number of aliphatic hydroxyl groups excluding tert-OH is 1. The highest BCUT2D eigenvalue weighted by Crippen LogP contribution is 2.39. The molecule has 3 aromatic rings. The van der Waals surface area contributed by atoms with Gasteiger partial charge < -0.3 is 25.0 Å². The molecular formula is C29H32N2O6S. The standard InChI is InChI=1S/C29H32N2O6S/c32-18-20-11-13-21(14-12-20)25-17-24(19-38-27-9-3-4-15-30-27)36-29(37-25)22-6-5-7-23(16-22)31-26(33)8-1-2-10-28(34)35/h3-7,9,11-16,24-25,29,32H,1-2,8,10,17-19H2,(H,31,33)(H,34,35). The van der Waals surface area contributed by atoms with Crippen LogP contribution in [0.25, 0.3) is 0 Å². The zero-order chi connectivity index (χ0) is 26.7. The third kappa shape index (κ3) is 8.39. The lowest BCUT2D eigenvalue weighted by molar-refractivity contribution is -0.245. The molecule has 0 radical (unpaired) electrons. The smallest absolute Gasteiger partial charge is 0.303 e. The molecule has 2 heterocycles. The van der Waals surface area contributed by atoms with Crippen LogP contribution in [0.1, 0.15) is 61.2 Å². The number of benzene rings is 2. The monoisotopic (exact) mass is 536 g/mol. The molecule has 38 heavy (non-hydrogen) atoms. The molecule has 1 fully saturated rings. The Hall–Kier alpha value is -3.24. The van der Waals surface area contributed by atoms with Gasteiger partial charge in [-0.25, -0.2) is 4.98 Å². The Morgan fingerprint density at radius 3 is 2.53 bits per heavy atom. The number of aliphatic carboxylic acids is 1. The van der Waals surface area contributed by atoms with Crippen LogP contribution < -0.4 is 5.32 Å². The molecule has 200 valence electrons. The van der Waals surface area contributed by atoms with Crippen molar-refractivity contribution in [2.45, 2.75) is 62.2 Å². The fourth-order valence-electron chi connectivity index (χ4n) is 4.18. The Labute approximate surface area is 226 Å². The van der Waals surface area contributed by atoms with Gasteiger partial charge in [0.1, 0.15) is 0 Å². The Morgan fingerprint density at radius 2 is 1.79 bits per heavy atom. The van der Waals surface area contributed by atoms with Crippen molar-refractivity contribution < 1.29 is 29.3 Å². The highest BCUT2D eigenvalue weighted by molar-refractivity contribution is 7.99. The molecule has 0 bridgehead atoms. The van der Waals surface area contributed by atoms with Crippen molar-refractivity contribution in [1.29, 1.82) is 0 Å². The topological polar surface area (TPSA) is 118 Å². The van der Waals surface area contributed by atoms with Gasteiger partial charge in [-0.3, -0.25) is 9.59 Å². The molecule has 9 heteroatoms. The maximum atomic E-state index is 12.4. The van der Waals surface area contributed by atoms with Crippen LogP contribution in [0.5, 0.6) is 0 Å². The summed E-state index contributed by atoms with van der Waals surface area (Å²) in [7, 11) is 0. The number of carboxylic acids is 1. The molecule has 0 saturated carbocycles. The number of aromatic nitrogens is 1. The second kappa shape index (κ2) is 14.1. The largest absolute Gasteiger partial charge is 0.481 e. The van der Waals surface area contributed by atoms with E-state index in [9.17, 15) is 14.7 Å². The zero-order valence-electron chi connectivity index (χ0n) is 21.0. The Kier molecular flexibility index (Phi) is 10.3. The van der Waals surface area contributed by atoms with Crippen LogP contribution in [0.15, 0.2) is 78.0 Å². The van der Waals surface area contributed by atoms with Crippen LogP contribution in [0, 0.1) is 0 Å². The quantitative estimate of drug-likeness (QED) is 0.205. The summed E-state index contributed by atoms with van der Waals surface area (Å²) in [6.07, 6.45) is 2.79. The molecule has 0 aliphatic carbocycles. The lowest BCUT2D eigenvalue weighted by Crippen LogP contribution is -2.31. The van der Waals surface area contributed by atoms with Crippen molar-refractivity contribution in [1.82, 2.24) is 4.98 Å². The number of hydrogen-bond acceptors (Lipinski definition) is 7. The van der Waals surface area contributed by atoms with E-state index in [0.717, 1.165) is 21.7 Å². The number of carbonyl (C=O) groups is 2. The van der Waals surface area contributed by atoms with Crippen LogP contribution in [0.4, 0.5) is 5.69 Å². The number of amides is 1. The second-order valence-corrected chi connectivity index (χ2v) is 10.1. The second-order valence-electron chi connectivity index (χ2n) is 9.10. The molecule has 1 aliphatic rings. The molecule has 3 unspecified atom stereocenters. The predicted octanol–water partition coefficient (Wildman–Crippen LogP) is 5.50. The number of anilines is 1. The minimum Gasteiger partial charge on any atom is -0.481 e. The molecule has 1 saturated heterocycles. The van der Waals surface area contributed by atoms with Gasteiger partial charge in [0.15, 0.2) is 6.29 Å². The van der Waals surface area contributed by atoms with Crippen molar-refractivity contribution >= 4 is 29.3 Å². The number of hydrogen-bond donors (Lipinski definition) is 3. The van der Waals surface area contributed by atoms with Gasteiger partial charge in [-0.05, 0) is 48.2 Å². The zero-order valence-corrected chi connectivity index (χ0v) is 21.8. The Bertz CT molecular complexity index is 1190. The van der Waals surface area contributed by atoms with Crippen LogP contribution >= 0.6 is 11.8 Å². The first-order valence-corrected chi connectivity index (χ1v) is 13.6. The Balaban J connectivity index is 1.45. The average molecular weight is 537 g/mol. The lowest BCUT2D eigenvalue weighted by atomic mass is 10.0. The van der Waals surface area contributed by atoms with Gasteiger partial charge in [-0.15, -0.1) is 11.8 Å². The predicted molar refractivity (Wildman–Crippen MR) is 145 cm³/mol. The molecular weight excluding hydrogens is 504 g/mol. The first kappa shape index (κ1) is 27.8. The Morgan fingerprint density at radius 1 is 0.974 bits per heavy atom. The summed E-state index contributed by atoms with van der Waals surface area (Å²) in [6.45, 7) is -0.0149. The highest BCUT2D eigenvalue weighted by Gasteiger charge is 2.32. The van der Waals surface area contributed by atoms with Crippen LogP contribution in [-0.4, -0.2) is 38.9 Å². The maximum Gasteiger partial charge on any atom is 0.303 e. The van der Waals surface area contributed by atoms with E-state index in [1.807, 2.05) is 60.7 Å². The summed E-state index contributed by atoms with van der Waals surface area (Å²) in [5, 5.41) is 22.0. The minimum atomic E-state index is -0.857. The summed E-state index contributed by atoms with van der Waals surface area (Å²) in [6, 6.07) is 21.0. The highest BCUT2D eigenvalue weighted by atomic mass is 32.2. The molecule has 3 N–H and O–H groups in total. The van der Waals surface area contributed by atoms with Crippen molar-refractivity contribution in [3.05, 3.63) is 89.6 Å². The minimum absolute atomic E-state index is 0.0149. The SMILES string of the molecule is O=C(O)CCCCC(=O)Nc1cccc(C2OC(CSc3ccccn3)CC(c3ccc(CO)cc3)O2)c1. The third-order valence-corrected chi connectivity index (χ3v) is 7.23. The van der Waals surface area contributed by atoms with E-state index in [1.165, 1.54) is 0 Å². The van der Waals surface area contributed by atoms with Crippen LogP contribution in [-0.2, 0) is 25.7 Å². The van der Waals surface area contributed by atoms with Gasteiger partial charge in [0.25, 0.3) is 0 Å². The number of pyridine rings is 1. The summed E-state index contributed by atoms with van der Waals surface area (Å²) in [4.78, 5) is 27.4. The van der Waals surface area contributed by atoms with Crippen LogP contribution in [0.2, 0.25) is 0 Å². The van der Waals surface area contributed by atoms with E-state index in [-0.39, 0.29) is 37.6 Å². The van der Waals surface area contributed by atoms with E-state index in [2.05, 4.69) is 10.3 Å². The van der Waals surface area contributed by atoms with Gasteiger partial charge in [-0.2, -0.15) is 0 Å². The van der Waals surface area contributed by atoms with Crippen LogP contribution in [0.3, 0.4) is 0 Å². The van der Waals surface area contributed by atoms with E-state index < -0.39 is 12.3 Å². The van der Waals surface area contributed by atoms with E-state index in [1.54, 1.807) is 24.0 Å². The number of carboxylic acid groups (broad SMARTS) is 1. The fourth-order valence-corrected chi connectivity index (χ4v) is 5.06. The molecule has 2 aromatic carbocycles. The number of nitrogens with zero attached hydrogens (tertiary/aromatic N) is 1. The summed E-state index contributed by atoms with van der Waals surface area (Å²) in [5.41, 5.74) is 3.27. The first-order valence-electron chi connectivity index (χ1n) is 12.7. The molecule has 8 nitrogen and oxygen atoms in total. The summed E-state index contributed by atoms with van der Waals surface area (Å²) in [5.74, 6) is -0.316. The normalized spacial score (nSPS) is 19.1. The van der Waals surface area contributed by atoms with Gasteiger partial charge in [0.2, 0.25) is 5.91 Å². The molecule has 3 atom stereocenters. The number of aliphatic hydroxyl groups is 1. The number of ether oxygens (including phenoxy) is 2. The molecule has 1 aliphatic heterocycles. The summed E-state index contributed by atoms with van der Waals surface area (Å²) < 4.78 is 12.8. The molecule has 1 amide bonds. The number of unbranched alkanes of at least 4 members (excludes halogenated alkanes) is 1. The van der Waals surface area contributed by atoms with E-state index >= 15 is 0 Å². The number of nitrogens with one attached hydrogen (secondary N) is 1. The van der Waals surface area contributed by atoms with Gasteiger partial charge in [-0.1, -0.05) is 42.5 Å². The van der Waals surface area contributed by atoms with Crippen molar-refractivity contribution in [2.24, 2.45) is 0 Å². The van der Waals surface area contributed by atoms with E-state index in [0.29, 0.717) is 30.7 Å². The van der Waals surface area contributed by atoms with E-state index in [4.69, 9.17) is 14.6 Å². The number of thioether (sulfide) groups is 1. The van der Waals surface area contributed by atoms with Gasteiger partial charge >= 0.3 is 5.97 Å². The van der Waals surface area contributed by atoms with Crippen molar-refractivity contribution in [3.63, 3.8) is 0 Å². The maximum absolute atomic E-state index is 12.4. The first-order chi connectivity index (χ1) is 18.5. The molecule has 0 spiro atoms. The molecule has 1 aromatic heterocycles. The fraction of sp³-hybridized carbons (Fsp3) is 0.345. The van der Waals surface area contributed by atoms with Crippen molar-refractivity contribution in [2.75, 3.05) is 11.1 Å². The number of rotatable bonds is 12. The van der Waals surface area contributed by atoms with Gasteiger partial charge in [0.05, 0.1) is 23.8 Å². The number of carbonyl (C=O) groups excluding carboxylic acids is 1. The molecule has 4 rings (SSSR count). The third-order valence-electron chi connectivity index (χ3n) is 6.16. The van der Waals surface area contributed by atoms with Crippen molar-refractivity contribution in [3.8, 4) is 0 Å². The average Bonchev–Trinajstić information content (AvgIpc) is 2.95. The summed E-state index contributed by atoms with van der Waals surface area (Å²) >= 11 is 1.63. The van der Waals surface area contributed by atoms with Gasteiger partial charge in [0, 0.05) is 42.5 Å². The lowest BCUT2D eigenvalue weighted by Gasteiger charge is -2.36.